The normalized spacial score (nSPS) is 11.0. The van der Waals surface area contributed by atoms with Gasteiger partial charge < -0.3 is 20.1 Å². The molecule has 7 heteroatoms. The number of benzene rings is 3. The number of nitrogens with one attached hydrogen (secondary N) is 2. The van der Waals surface area contributed by atoms with Gasteiger partial charge in [0.2, 0.25) is 0 Å². The van der Waals surface area contributed by atoms with E-state index in [1.165, 1.54) is 84.2 Å². The van der Waals surface area contributed by atoms with Crippen LogP contribution in [0.25, 0.3) is 22.3 Å². The predicted octanol–water partition coefficient (Wildman–Crippen LogP) is 9.81. The third-order valence-corrected chi connectivity index (χ3v) is 8.83. The van der Waals surface area contributed by atoms with Gasteiger partial charge in [-0.25, -0.2) is 4.79 Å². The van der Waals surface area contributed by atoms with Crippen LogP contribution < -0.4 is 26.2 Å². The van der Waals surface area contributed by atoms with Crippen molar-refractivity contribution in [1.29, 1.82) is 0 Å². The first-order valence-corrected chi connectivity index (χ1v) is 17.9. The largest absolute Gasteiger partial charge is 0.481 e. The van der Waals surface area contributed by atoms with Gasteiger partial charge in [0.1, 0.15) is 17.1 Å². The molecule has 2 N–H and O–H groups in total. The summed E-state index contributed by atoms with van der Waals surface area (Å²) >= 11 is 0. The lowest BCUT2D eigenvalue weighted by Gasteiger charge is -2.20. The summed E-state index contributed by atoms with van der Waals surface area (Å²) in [5.41, 5.74) is 3.43. The van der Waals surface area contributed by atoms with Crippen LogP contribution in [0.4, 0.5) is 17.1 Å². The lowest BCUT2D eigenvalue weighted by atomic mass is 9.96. The van der Waals surface area contributed by atoms with Gasteiger partial charge in [-0.05, 0) is 29.7 Å². The summed E-state index contributed by atoms with van der Waals surface area (Å²) in [6, 6.07) is 23.2. The van der Waals surface area contributed by atoms with Crippen LogP contribution in [0.2, 0.25) is 0 Å². The van der Waals surface area contributed by atoms with Crippen LogP contribution >= 0.6 is 0 Å². The Morgan fingerprint density at radius 1 is 0.625 bits per heavy atom. The molecule has 0 spiro atoms. The Kier molecular flexibility index (Phi) is 15.2. The second-order valence-electron chi connectivity index (χ2n) is 12.6. The van der Waals surface area contributed by atoms with Crippen LogP contribution in [0.1, 0.15) is 96.8 Å². The standard InChI is InChI=1S/C41H52N2O5/c1-3-4-5-6-7-8-9-10-11-12-13-14-15-22-27-42-37-38(40(46)39(37)45)43-33-28-34(31-23-18-16-19-24-31)41(48-30-36(44)47-2)35(29-33)32-25-20-17-21-26-32/h16-21,23-26,28-29,42-43H,3-15,22,27,30H2,1-2H3. The van der Waals surface area contributed by atoms with Gasteiger partial charge >= 0.3 is 5.97 Å². The van der Waals surface area contributed by atoms with Crippen LogP contribution in [0.5, 0.6) is 5.75 Å². The fourth-order valence-corrected chi connectivity index (χ4v) is 6.07. The van der Waals surface area contributed by atoms with Crippen LogP contribution in [0, 0.1) is 0 Å². The monoisotopic (exact) mass is 652 g/mol. The maximum atomic E-state index is 12.7. The van der Waals surface area contributed by atoms with E-state index in [0.717, 1.165) is 35.1 Å². The van der Waals surface area contributed by atoms with Crippen molar-refractivity contribution in [3.8, 4) is 28.0 Å². The van der Waals surface area contributed by atoms with E-state index in [0.29, 0.717) is 23.7 Å². The molecule has 0 aromatic heterocycles. The summed E-state index contributed by atoms with van der Waals surface area (Å²) in [6.45, 7) is 2.65. The van der Waals surface area contributed by atoms with E-state index >= 15 is 0 Å². The van der Waals surface area contributed by atoms with Gasteiger partial charge in [0.15, 0.2) is 6.61 Å². The molecule has 4 aromatic rings. The molecular formula is C41H52N2O5. The predicted molar refractivity (Wildman–Crippen MR) is 198 cm³/mol. The summed E-state index contributed by atoms with van der Waals surface area (Å²) in [4.78, 5) is 37.4. The fraction of sp³-hybridized carbons (Fsp3) is 0.439. The number of hydrogen-bond acceptors (Lipinski definition) is 7. The van der Waals surface area contributed by atoms with Crippen molar-refractivity contribution in [2.24, 2.45) is 0 Å². The first-order chi connectivity index (χ1) is 23.5. The smallest absolute Gasteiger partial charge is 0.343 e. The molecule has 0 unspecified atom stereocenters. The third kappa shape index (κ3) is 10.8. The van der Waals surface area contributed by atoms with E-state index < -0.39 is 16.8 Å². The van der Waals surface area contributed by atoms with Crippen LogP contribution in [0.3, 0.4) is 0 Å². The lowest BCUT2D eigenvalue weighted by molar-refractivity contribution is -0.142. The lowest BCUT2D eigenvalue weighted by Crippen LogP contribution is -2.36. The molecular weight excluding hydrogens is 600 g/mol. The Hall–Kier alpha value is -4.39. The average molecular weight is 653 g/mol. The molecule has 0 atom stereocenters. The molecule has 256 valence electrons. The Balaban J connectivity index is 1.36. The number of methoxy groups -OCH3 is 1. The van der Waals surface area contributed by atoms with Gasteiger partial charge in [-0.15, -0.1) is 0 Å². The molecule has 0 bridgehead atoms. The van der Waals surface area contributed by atoms with Crippen molar-refractivity contribution in [1.82, 2.24) is 0 Å². The highest BCUT2D eigenvalue weighted by molar-refractivity contribution is 5.89. The maximum absolute atomic E-state index is 12.7. The van der Waals surface area contributed by atoms with Crippen LogP contribution in [0.15, 0.2) is 82.4 Å². The highest BCUT2D eigenvalue weighted by atomic mass is 16.6. The molecule has 7 nitrogen and oxygen atoms in total. The number of hydrogen-bond donors (Lipinski definition) is 2. The number of carbonyl (C=O) groups is 1. The molecule has 0 saturated carbocycles. The van der Waals surface area contributed by atoms with Gasteiger partial charge in [0, 0.05) is 23.4 Å². The molecule has 0 aliphatic carbocycles. The fourth-order valence-electron chi connectivity index (χ4n) is 6.07. The number of rotatable bonds is 23. The molecule has 48 heavy (non-hydrogen) atoms. The number of ether oxygens (including phenoxy) is 2. The number of unbranched alkanes of at least 4 members (excludes halogenated alkanes) is 13. The Morgan fingerprint density at radius 3 is 1.56 bits per heavy atom. The zero-order valence-electron chi connectivity index (χ0n) is 28.8. The summed E-state index contributed by atoms with van der Waals surface area (Å²) in [7, 11) is 1.32. The van der Waals surface area contributed by atoms with E-state index in [4.69, 9.17) is 9.47 Å². The average Bonchev–Trinajstić information content (AvgIpc) is 3.13. The van der Waals surface area contributed by atoms with Crippen molar-refractivity contribution in [2.45, 2.75) is 96.8 Å². The second kappa shape index (κ2) is 20.1. The highest BCUT2D eigenvalue weighted by Gasteiger charge is 2.23. The van der Waals surface area contributed by atoms with Gasteiger partial charge in [-0.3, -0.25) is 9.59 Å². The van der Waals surface area contributed by atoms with Crippen molar-refractivity contribution in [3.05, 3.63) is 93.2 Å². The minimum atomic E-state index is -0.535. The number of anilines is 3. The van der Waals surface area contributed by atoms with E-state index in [-0.39, 0.29) is 12.3 Å². The second-order valence-corrected chi connectivity index (χ2v) is 12.6. The number of carbonyl (C=O) groups excluding carboxylic acids is 1. The van der Waals surface area contributed by atoms with Gasteiger partial charge in [-0.1, -0.05) is 151 Å². The molecule has 0 aliphatic heterocycles. The summed E-state index contributed by atoms with van der Waals surface area (Å²) in [5, 5.41) is 6.46. The topological polar surface area (TPSA) is 93.7 Å². The molecule has 0 saturated heterocycles. The molecule has 0 heterocycles. The molecule has 4 rings (SSSR count). The highest BCUT2D eigenvalue weighted by Crippen LogP contribution is 2.42. The van der Waals surface area contributed by atoms with Crippen molar-refractivity contribution >= 4 is 23.0 Å². The van der Waals surface area contributed by atoms with Crippen LogP contribution in [-0.4, -0.2) is 26.2 Å². The Morgan fingerprint density at radius 2 is 1.08 bits per heavy atom. The summed E-state index contributed by atoms with van der Waals surface area (Å²) < 4.78 is 10.9. The van der Waals surface area contributed by atoms with E-state index in [9.17, 15) is 14.4 Å². The van der Waals surface area contributed by atoms with Gasteiger partial charge in [0.05, 0.1) is 7.11 Å². The minimum Gasteiger partial charge on any atom is -0.481 e. The van der Waals surface area contributed by atoms with Gasteiger partial charge in [-0.2, -0.15) is 0 Å². The van der Waals surface area contributed by atoms with E-state index in [1.807, 2.05) is 72.8 Å². The molecule has 4 aromatic carbocycles. The van der Waals surface area contributed by atoms with E-state index in [1.54, 1.807) is 0 Å². The summed E-state index contributed by atoms with van der Waals surface area (Å²) in [6.07, 6.45) is 18.0. The van der Waals surface area contributed by atoms with Crippen molar-refractivity contribution in [2.75, 3.05) is 30.9 Å². The first-order valence-electron chi connectivity index (χ1n) is 17.9. The summed E-state index contributed by atoms with van der Waals surface area (Å²) in [5.74, 6) is 0.0259. The zero-order chi connectivity index (χ0) is 34.0. The molecule has 0 radical (unpaired) electrons. The van der Waals surface area contributed by atoms with Crippen LogP contribution in [-0.2, 0) is 9.53 Å². The quantitative estimate of drug-likeness (QED) is 0.0468. The Bertz CT molecular complexity index is 1550. The third-order valence-electron chi connectivity index (χ3n) is 8.83. The van der Waals surface area contributed by atoms with Crippen molar-refractivity contribution < 1.29 is 14.3 Å². The van der Waals surface area contributed by atoms with E-state index in [2.05, 4.69) is 17.6 Å². The molecule has 0 amide bonds. The molecule has 0 fully saturated rings. The zero-order valence-corrected chi connectivity index (χ0v) is 28.8. The minimum absolute atomic E-state index is 0.256. The SMILES string of the molecule is CCCCCCCCCCCCCCCCNc1c(Nc2cc(-c3ccccc3)c(OCC(=O)OC)c(-c3ccccc3)c2)c(=O)c1=O. The number of esters is 1. The molecule has 0 aliphatic rings. The Labute approximate surface area is 285 Å². The van der Waals surface area contributed by atoms with Crippen molar-refractivity contribution in [3.63, 3.8) is 0 Å². The maximum Gasteiger partial charge on any atom is 0.343 e. The van der Waals surface area contributed by atoms with Gasteiger partial charge in [0.25, 0.3) is 10.9 Å². The first kappa shape index (κ1) is 36.4.